The van der Waals surface area contributed by atoms with Crippen molar-refractivity contribution >= 4 is 56.6 Å². The number of amides is 1. The number of hydrogen-bond donors (Lipinski definition) is 3. The van der Waals surface area contributed by atoms with Crippen molar-refractivity contribution in [1.29, 1.82) is 0 Å². The number of phenolic OH excluding ortho intramolecular Hbond substituents is 1. The molecule has 12 heteroatoms. The Labute approximate surface area is 146 Å². The third kappa shape index (κ3) is 4.29. The summed E-state index contributed by atoms with van der Waals surface area (Å²) in [5.74, 6) is -2.08. The van der Waals surface area contributed by atoms with Crippen LogP contribution in [0.3, 0.4) is 0 Å². The number of rotatable bonds is 5. The lowest BCUT2D eigenvalue weighted by Crippen LogP contribution is -2.26. The van der Waals surface area contributed by atoms with Crippen molar-refractivity contribution < 1.29 is 24.7 Å². The van der Waals surface area contributed by atoms with Gasteiger partial charge in [0.05, 0.1) is 22.0 Å². The van der Waals surface area contributed by atoms with Gasteiger partial charge < -0.3 is 15.5 Å². The lowest BCUT2D eigenvalue weighted by atomic mass is 10.2. The molecule has 0 aromatic heterocycles. The molecule has 3 N–H and O–H groups in total. The molecule has 0 saturated carbocycles. The van der Waals surface area contributed by atoms with E-state index in [0.717, 1.165) is 17.8 Å². The Hall–Kier alpha value is -2.47. The number of carboxylic acids is 1. The molecule has 0 spiro atoms. The number of benzene rings is 1. The molecule has 1 amide bonds. The predicted molar refractivity (Wildman–Crippen MR) is 89.3 cm³/mol. The SMILES string of the molecule is O=C(O)CC1SC(=NN=Cc2cc(Br)c(O)c([N+](=O)[O-])c2)NC1=O. The Morgan fingerprint density at radius 3 is 2.88 bits per heavy atom. The number of aromatic hydroxyl groups is 1. The molecule has 10 nitrogen and oxygen atoms in total. The molecule has 2 rings (SSSR count). The van der Waals surface area contributed by atoms with E-state index in [9.17, 15) is 24.8 Å². The zero-order valence-corrected chi connectivity index (χ0v) is 14.1. The number of aliphatic carboxylic acids is 1. The second kappa shape index (κ2) is 7.40. The number of carbonyl (C=O) groups is 2. The van der Waals surface area contributed by atoms with E-state index < -0.39 is 33.5 Å². The van der Waals surface area contributed by atoms with Gasteiger partial charge in [-0.2, -0.15) is 5.10 Å². The summed E-state index contributed by atoms with van der Waals surface area (Å²) in [7, 11) is 0. The van der Waals surface area contributed by atoms with Crippen molar-refractivity contribution in [2.45, 2.75) is 11.7 Å². The maximum Gasteiger partial charge on any atom is 0.312 e. The number of thioether (sulfide) groups is 1. The molecule has 0 radical (unpaired) electrons. The topological polar surface area (TPSA) is 154 Å². The summed E-state index contributed by atoms with van der Waals surface area (Å²) in [6.07, 6.45) is 0.859. The van der Waals surface area contributed by atoms with Crippen molar-refractivity contribution in [3.63, 3.8) is 0 Å². The van der Waals surface area contributed by atoms with Crippen LogP contribution >= 0.6 is 27.7 Å². The maximum absolute atomic E-state index is 11.5. The molecule has 0 bridgehead atoms. The van der Waals surface area contributed by atoms with Crippen molar-refractivity contribution in [3.8, 4) is 5.75 Å². The van der Waals surface area contributed by atoms with E-state index in [1.807, 2.05) is 0 Å². The number of amidine groups is 1. The van der Waals surface area contributed by atoms with Crippen LogP contribution in [-0.2, 0) is 9.59 Å². The minimum atomic E-state index is -1.10. The Balaban J connectivity index is 2.13. The number of phenols is 1. The summed E-state index contributed by atoms with van der Waals surface area (Å²) in [6, 6.07) is 2.51. The molecular weight excluding hydrogens is 408 g/mol. The summed E-state index contributed by atoms with van der Waals surface area (Å²) in [5, 5.41) is 38.2. The lowest BCUT2D eigenvalue weighted by Gasteiger charge is -2.00. The van der Waals surface area contributed by atoms with Gasteiger partial charge in [-0.05, 0) is 22.0 Å². The molecule has 1 heterocycles. The molecule has 24 heavy (non-hydrogen) atoms. The first kappa shape index (κ1) is 17.9. The van der Waals surface area contributed by atoms with Crippen molar-refractivity contribution in [3.05, 3.63) is 32.3 Å². The fourth-order valence-corrected chi connectivity index (χ4v) is 3.09. The largest absolute Gasteiger partial charge is 0.501 e. The highest BCUT2D eigenvalue weighted by molar-refractivity contribution is 9.10. The van der Waals surface area contributed by atoms with Crippen molar-refractivity contribution in [2.24, 2.45) is 10.2 Å². The van der Waals surface area contributed by atoms with Crippen LogP contribution in [0.1, 0.15) is 12.0 Å². The van der Waals surface area contributed by atoms with Crippen LogP contribution in [0.2, 0.25) is 0 Å². The first-order valence-corrected chi connectivity index (χ1v) is 7.92. The fraction of sp³-hybridized carbons (Fsp3) is 0.167. The summed E-state index contributed by atoms with van der Waals surface area (Å²) >= 11 is 3.93. The van der Waals surface area contributed by atoms with E-state index in [-0.39, 0.29) is 16.1 Å². The van der Waals surface area contributed by atoms with Crippen LogP contribution in [-0.4, -0.2) is 43.6 Å². The zero-order chi connectivity index (χ0) is 17.9. The zero-order valence-electron chi connectivity index (χ0n) is 11.7. The third-order valence-corrected chi connectivity index (χ3v) is 4.43. The summed E-state index contributed by atoms with van der Waals surface area (Å²) in [6.45, 7) is 0. The highest BCUT2D eigenvalue weighted by Gasteiger charge is 2.32. The van der Waals surface area contributed by atoms with E-state index in [2.05, 4.69) is 31.4 Å². The van der Waals surface area contributed by atoms with Crippen LogP contribution in [0.25, 0.3) is 0 Å². The van der Waals surface area contributed by atoms with Gasteiger partial charge in [0, 0.05) is 11.6 Å². The molecule has 1 atom stereocenters. The van der Waals surface area contributed by atoms with E-state index in [0.29, 0.717) is 5.56 Å². The lowest BCUT2D eigenvalue weighted by molar-refractivity contribution is -0.386. The standard InChI is InChI=1S/C12H9BrN4O6S/c13-6-1-5(2-7(10(6)20)17(22)23)4-14-16-12-15-11(21)8(24-12)3-9(18)19/h1-2,4,8,20H,3H2,(H,18,19)(H,15,16,21). The molecular formula is C12H9BrN4O6S. The molecule has 126 valence electrons. The smallest absolute Gasteiger partial charge is 0.312 e. The number of nitrogens with one attached hydrogen (secondary N) is 1. The molecule has 1 saturated heterocycles. The number of halogens is 1. The number of nitro benzene ring substituents is 1. The number of carboxylic acid groups (broad SMARTS) is 1. The maximum atomic E-state index is 11.5. The van der Waals surface area contributed by atoms with Crippen molar-refractivity contribution in [1.82, 2.24) is 5.32 Å². The fourth-order valence-electron chi connectivity index (χ4n) is 1.71. The van der Waals surface area contributed by atoms with Gasteiger partial charge in [0.2, 0.25) is 11.7 Å². The van der Waals surface area contributed by atoms with Gasteiger partial charge in [-0.15, -0.1) is 5.10 Å². The average Bonchev–Trinajstić information content (AvgIpc) is 2.81. The van der Waals surface area contributed by atoms with Gasteiger partial charge >= 0.3 is 11.7 Å². The van der Waals surface area contributed by atoms with Crippen LogP contribution in [0, 0.1) is 10.1 Å². The van der Waals surface area contributed by atoms with E-state index >= 15 is 0 Å². The number of nitro groups is 1. The van der Waals surface area contributed by atoms with Gasteiger partial charge in [0.15, 0.2) is 5.17 Å². The first-order chi connectivity index (χ1) is 11.3. The van der Waals surface area contributed by atoms with Crippen LogP contribution < -0.4 is 5.32 Å². The van der Waals surface area contributed by atoms with E-state index in [4.69, 9.17) is 5.11 Å². The Morgan fingerprint density at radius 2 is 2.25 bits per heavy atom. The summed E-state index contributed by atoms with van der Waals surface area (Å²) in [5.41, 5.74) is -0.198. The normalized spacial score (nSPS) is 19.0. The third-order valence-electron chi connectivity index (χ3n) is 2.75. The van der Waals surface area contributed by atoms with Crippen molar-refractivity contribution in [2.75, 3.05) is 0 Å². The Morgan fingerprint density at radius 1 is 1.54 bits per heavy atom. The van der Waals surface area contributed by atoms with Gasteiger partial charge in [0.25, 0.3) is 0 Å². The second-order valence-corrected chi connectivity index (χ2v) is 6.52. The molecule has 0 aliphatic carbocycles. The highest BCUT2D eigenvalue weighted by atomic mass is 79.9. The molecule has 1 aliphatic heterocycles. The molecule has 1 unspecified atom stereocenters. The van der Waals surface area contributed by atoms with E-state index in [1.54, 1.807) is 0 Å². The van der Waals surface area contributed by atoms with Crippen LogP contribution in [0.4, 0.5) is 5.69 Å². The van der Waals surface area contributed by atoms with Crippen LogP contribution in [0.15, 0.2) is 26.8 Å². The Kier molecular flexibility index (Phi) is 5.51. The van der Waals surface area contributed by atoms with Gasteiger partial charge in [-0.1, -0.05) is 11.8 Å². The predicted octanol–water partition coefficient (Wildman–Crippen LogP) is 1.46. The quantitative estimate of drug-likeness (QED) is 0.372. The molecule has 1 aliphatic rings. The Bertz CT molecular complexity index is 781. The number of carbonyl (C=O) groups excluding carboxylic acids is 1. The van der Waals surface area contributed by atoms with Gasteiger partial charge in [0.1, 0.15) is 5.25 Å². The summed E-state index contributed by atoms with van der Waals surface area (Å²) in [4.78, 5) is 32.2. The average molecular weight is 417 g/mol. The minimum absolute atomic E-state index is 0.121. The van der Waals surface area contributed by atoms with Gasteiger partial charge in [-0.3, -0.25) is 19.7 Å². The number of hydrogen-bond acceptors (Lipinski definition) is 8. The monoisotopic (exact) mass is 416 g/mol. The highest BCUT2D eigenvalue weighted by Crippen LogP contribution is 2.34. The molecule has 1 fully saturated rings. The van der Waals surface area contributed by atoms with Crippen LogP contribution in [0.5, 0.6) is 5.75 Å². The molecule has 1 aromatic rings. The van der Waals surface area contributed by atoms with Gasteiger partial charge in [-0.25, -0.2) is 0 Å². The number of nitrogens with zero attached hydrogens (tertiary/aromatic N) is 3. The van der Waals surface area contributed by atoms with E-state index in [1.165, 1.54) is 12.3 Å². The second-order valence-electron chi connectivity index (χ2n) is 4.47. The summed E-state index contributed by atoms with van der Waals surface area (Å²) < 4.78 is 0.121. The molecule has 1 aromatic carbocycles. The minimum Gasteiger partial charge on any atom is -0.501 e. The first-order valence-electron chi connectivity index (χ1n) is 6.25.